The van der Waals surface area contributed by atoms with E-state index in [2.05, 4.69) is 6.07 Å². The Morgan fingerprint density at radius 1 is 1.35 bits per heavy atom. The van der Waals surface area contributed by atoms with Gasteiger partial charge in [0.05, 0.1) is 17.7 Å². The highest BCUT2D eigenvalue weighted by Crippen LogP contribution is 2.43. The molecule has 0 radical (unpaired) electrons. The summed E-state index contributed by atoms with van der Waals surface area (Å²) < 4.78 is 5.92. The zero-order valence-electron chi connectivity index (χ0n) is 13.6. The van der Waals surface area contributed by atoms with Crippen LogP contribution in [0.25, 0.3) is 0 Å². The van der Waals surface area contributed by atoms with Gasteiger partial charge in [0.2, 0.25) is 5.91 Å². The van der Waals surface area contributed by atoms with Gasteiger partial charge >= 0.3 is 0 Å². The van der Waals surface area contributed by atoms with Crippen molar-refractivity contribution in [2.45, 2.75) is 57.3 Å². The molecule has 0 unspecified atom stereocenters. The van der Waals surface area contributed by atoms with Gasteiger partial charge in [-0.1, -0.05) is 6.42 Å². The molecule has 2 atom stereocenters. The number of nitrogens with zero attached hydrogens (tertiary/aromatic N) is 2. The molecule has 1 saturated heterocycles. The van der Waals surface area contributed by atoms with Gasteiger partial charge in [-0.3, -0.25) is 4.79 Å². The Balaban J connectivity index is 2.09. The number of aliphatic hydroxyl groups excluding tert-OH is 1. The molecule has 1 aromatic carbocycles. The third kappa shape index (κ3) is 2.79. The van der Waals surface area contributed by atoms with Crippen molar-refractivity contribution in [2.75, 3.05) is 6.54 Å². The fraction of sp³-hybridized carbons (Fsp3) is 0.556. The first-order chi connectivity index (χ1) is 10.9. The highest BCUT2D eigenvalue weighted by molar-refractivity contribution is 5.77. The van der Waals surface area contributed by atoms with Gasteiger partial charge in [0.1, 0.15) is 17.5 Å². The average Bonchev–Trinajstić information content (AvgIpc) is 2.73. The molecule has 1 amide bonds. The van der Waals surface area contributed by atoms with Crippen LogP contribution in [0.5, 0.6) is 5.75 Å². The lowest BCUT2D eigenvalue weighted by Crippen LogP contribution is -2.54. The minimum Gasteiger partial charge on any atom is -0.485 e. The summed E-state index contributed by atoms with van der Waals surface area (Å²) in [7, 11) is 0. The minimum atomic E-state index is -0.842. The van der Waals surface area contributed by atoms with Gasteiger partial charge < -0.3 is 14.7 Å². The van der Waals surface area contributed by atoms with Gasteiger partial charge in [-0.15, -0.1) is 0 Å². The second kappa shape index (κ2) is 5.86. The van der Waals surface area contributed by atoms with Gasteiger partial charge in [0, 0.05) is 18.5 Å². The fourth-order valence-electron chi connectivity index (χ4n) is 3.47. The van der Waals surface area contributed by atoms with Gasteiger partial charge in [-0.05, 0) is 44.9 Å². The van der Waals surface area contributed by atoms with Crippen LogP contribution in [-0.4, -0.2) is 34.2 Å². The Labute approximate surface area is 136 Å². The molecule has 5 heteroatoms. The van der Waals surface area contributed by atoms with Crippen LogP contribution in [0.4, 0.5) is 0 Å². The molecule has 0 spiro atoms. The van der Waals surface area contributed by atoms with E-state index in [1.54, 1.807) is 23.1 Å². The van der Waals surface area contributed by atoms with E-state index in [0.717, 1.165) is 24.8 Å². The van der Waals surface area contributed by atoms with Crippen LogP contribution in [0.1, 0.15) is 56.7 Å². The number of rotatable bonds is 1. The summed E-state index contributed by atoms with van der Waals surface area (Å²) >= 11 is 0. The minimum absolute atomic E-state index is 0.0672. The first-order valence-corrected chi connectivity index (χ1v) is 8.14. The van der Waals surface area contributed by atoms with E-state index in [9.17, 15) is 9.90 Å². The number of amides is 1. The third-order valence-electron chi connectivity index (χ3n) is 4.79. The van der Waals surface area contributed by atoms with Crippen LogP contribution in [0.2, 0.25) is 0 Å². The van der Waals surface area contributed by atoms with E-state index in [1.165, 1.54) is 0 Å². The predicted molar refractivity (Wildman–Crippen MR) is 84.8 cm³/mol. The van der Waals surface area contributed by atoms with Crippen molar-refractivity contribution < 1.29 is 14.6 Å². The lowest BCUT2D eigenvalue weighted by Gasteiger charge is -2.46. The van der Waals surface area contributed by atoms with E-state index < -0.39 is 17.7 Å². The Kier molecular flexibility index (Phi) is 4.03. The van der Waals surface area contributed by atoms with Crippen LogP contribution in [0.15, 0.2) is 18.2 Å². The lowest BCUT2D eigenvalue weighted by molar-refractivity contribution is -0.143. The van der Waals surface area contributed by atoms with E-state index in [0.29, 0.717) is 24.3 Å². The van der Waals surface area contributed by atoms with Crippen LogP contribution < -0.4 is 4.74 Å². The monoisotopic (exact) mass is 314 g/mol. The number of carbonyl (C=O) groups excluding carboxylic acids is 1. The molecule has 0 aromatic heterocycles. The number of aliphatic hydroxyl groups is 1. The second-order valence-electron chi connectivity index (χ2n) is 6.86. The molecular formula is C18H22N2O3. The van der Waals surface area contributed by atoms with Gasteiger partial charge in [0.15, 0.2) is 0 Å². The Morgan fingerprint density at radius 3 is 2.87 bits per heavy atom. The Bertz CT molecular complexity index is 663. The van der Waals surface area contributed by atoms with Crippen LogP contribution in [-0.2, 0) is 4.79 Å². The zero-order chi connectivity index (χ0) is 16.6. The summed E-state index contributed by atoms with van der Waals surface area (Å²) in [5.74, 6) is 0.707. The van der Waals surface area contributed by atoms with E-state index >= 15 is 0 Å². The number of hydrogen-bond acceptors (Lipinski definition) is 4. The lowest BCUT2D eigenvalue weighted by atomic mass is 9.84. The molecule has 0 aliphatic carbocycles. The Hall–Kier alpha value is -2.06. The predicted octanol–water partition coefficient (Wildman–Crippen LogP) is 2.53. The summed E-state index contributed by atoms with van der Waals surface area (Å²) in [4.78, 5) is 14.3. The molecule has 2 aliphatic rings. The third-order valence-corrected chi connectivity index (χ3v) is 4.79. The largest absolute Gasteiger partial charge is 0.485 e. The number of hydrogen-bond donors (Lipinski definition) is 1. The fourth-order valence-corrected chi connectivity index (χ4v) is 3.47. The molecular weight excluding hydrogens is 292 g/mol. The first-order valence-electron chi connectivity index (χ1n) is 8.14. The number of benzene rings is 1. The first kappa shape index (κ1) is 15.8. The van der Waals surface area contributed by atoms with Crippen molar-refractivity contribution in [3.8, 4) is 11.8 Å². The van der Waals surface area contributed by atoms with Gasteiger partial charge in [-0.2, -0.15) is 5.26 Å². The molecule has 0 bridgehead atoms. The molecule has 1 fully saturated rings. The molecule has 23 heavy (non-hydrogen) atoms. The second-order valence-corrected chi connectivity index (χ2v) is 6.86. The molecule has 2 heterocycles. The smallest absolute Gasteiger partial charge is 0.223 e. The number of ether oxygens (including phenoxy) is 1. The number of fused-ring (bicyclic) bond motifs is 1. The Morgan fingerprint density at radius 2 is 2.13 bits per heavy atom. The van der Waals surface area contributed by atoms with Crippen molar-refractivity contribution in [1.29, 1.82) is 5.26 Å². The van der Waals surface area contributed by atoms with Crippen LogP contribution in [0, 0.1) is 11.3 Å². The highest BCUT2D eigenvalue weighted by atomic mass is 16.5. The summed E-state index contributed by atoms with van der Waals surface area (Å²) in [5.41, 5.74) is 0.441. The topological polar surface area (TPSA) is 73.6 Å². The maximum absolute atomic E-state index is 12.5. The quantitative estimate of drug-likeness (QED) is 0.864. The summed E-state index contributed by atoms with van der Waals surface area (Å²) in [6.07, 6.45) is 2.52. The zero-order valence-corrected chi connectivity index (χ0v) is 13.6. The van der Waals surface area contributed by atoms with Crippen molar-refractivity contribution in [1.82, 2.24) is 4.90 Å². The average molecular weight is 314 g/mol. The summed E-state index contributed by atoms with van der Waals surface area (Å²) in [5, 5.41) is 20.0. The van der Waals surface area contributed by atoms with Gasteiger partial charge in [0.25, 0.3) is 0 Å². The van der Waals surface area contributed by atoms with Crippen molar-refractivity contribution in [3.63, 3.8) is 0 Å². The van der Waals surface area contributed by atoms with E-state index in [4.69, 9.17) is 10.00 Å². The molecule has 0 saturated carbocycles. The number of carbonyl (C=O) groups is 1. The molecule has 2 aliphatic heterocycles. The molecule has 122 valence electrons. The normalized spacial score (nSPS) is 26.7. The highest BCUT2D eigenvalue weighted by Gasteiger charge is 2.46. The van der Waals surface area contributed by atoms with E-state index in [-0.39, 0.29) is 5.91 Å². The van der Waals surface area contributed by atoms with Crippen molar-refractivity contribution >= 4 is 5.91 Å². The SMILES string of the molecule is CC1(C)Oc2ccc(C#N)cc2[C@H](N2CCCCCC2=O)[C@H]1O. The van der Waals surface area contributed by atoms with Crippen molar-refractivity contribution in [3.05, 3.63) is 29.3 Å². The molecule has 3 rings (SSSR count). The molecule has 5 nitrogen and oxygen atoms in total. The van der Waals surface area contributed by atoms with Crippen molar-refractivity contribution in [2.24, 2.45) is 0 Å². The molecule has 1 aromatic rings. The maximum atomic E-state index is 12.5. The summed E-state index contributed by atoms with van der Waals surface area (Å²) in [6.45, 7) is 4.29. The number of nitriles is 1. The van der Waals surface area contributed by atoms with Crippen LogP contribution >= 0.6 is 0 Å². The summed E-state index contributed by atoms with van der Waals surface area (Å²) in [6, 6.07) is 6.85. The van der Waals surface area contributed by atoms with Gasteiger partial charge in [-0.25, -0.2) is 0 Å². The van der Waals surface area contributed by atoms with Crippen LogP contribution in [0.3, 0.4) is 0 Å². The maximum Gasteiger partial charge on any atom is 0.223 e. The molecule has 1 N–H and O–H groups in total. The standard InChI is InChI=1S/C18H22N2O3/c1-18(2)17(22)16(20-9-5-3-4-6-15(20)21)13-10-12(11-19)7-8-14(13)23-18/h7-8,10,16-17,22H,3-6,9H2,1-2H3/t16-,17+/m0/s1. The van der Waals surface area contributed by atoms with E-state index in [1.807, 2.05) is 13.8 Å². The number of likely N-dealkylation sites (tertiary alicyclic amines) is 1.